The van der Waals surface area contributed by atoms with Gasteiger partial charge in [0.15, 0.2) is 0 Å². The lowest BCUT2D eigenvalue weighted by Crippen LogP contribution is -2.33. The van der Waals surface area contributed by atoms with Gasteiger partial charge in [-0.2, -0.15) is 0 Å². The van der Waals surface area contributed by atoms with Crippen LogP contribution in [0.2, 0.25) is 0 Å². The summed E-state index contributed by atoms with van der Waals surface area (Å²) in [6, 6.07) is 2.26. The second-order valence-corrected chi connectivity index (χ2v) is 4.81. The molecule has 2 fully saturated rings. The van der Waals surface area contributed by atoms with Gasteiger partial charge in [0, 0.05) is 23.9 Å². The Bertz CT molecular complexity index is 441. The fourth-order valence-corrected chi connectivity index (χ4v) is 2.00. The van der Waals surface area contributed by atoms with Crippen molar-refractivity contribution < 1.29 is 9.90 Å². The minimum atomic E-state index is -0.822. The Morgan fingerprint density at radius 1 is 1.41 bits per heavy atom. The largest absolute Gasteiger partial charge is 0.480 e. The van der Waals surface area contributed by atoms with Crippen molar-refractivity contribution in [3.8, 4) is 0 Å². The molecule has 2 aliphatic rings. The van der Waals surface area contributed by atoms with Gasteiger partial charge in [0.25, 0.3) is 0 Å². The van der Waals surface area contributed by atoms with E-state index < -0.39 is 5.97 Å². The second kappa shape index (κ2) is 3.98. The van der Waals surface area contributed by atoms with E-state index >= 15 is 0 Å². The number of carboxylic acids is 1. The normalized spacial score (nSPS) is 19.1. The monoisotopic (exact) mass is 233 g/mol. The van der Waals surface area contributed by atoms with Gasteiger partial charge < -0.3 is 10.0 Å². The lowest BCUT2D eigenvalue weighted by Gasteiger charge is -2.20. The van der Waals surface area contributed by atoms with Gasteiger partial charge in [-0.05, 0) is 31.7 Å². The number of carboxylic acid groups (broad SMARTS) is 1. The molecular formula is C12H15N3O2. The molecule has 3 rings (SSSR count). The molecule has 5 nitrogen and oxygen atoms in total. The first-order chi connectivity index (χ1) is 8.24. The molecule has 90 valence electrons. The van der Waals surface area contributed by atoms with E-state index in [-0.39, 0.29) is 6.54 Å². The molecule has 0 aliphatic heterocycles. The van der Waals surface area contributed by atoms with Crippen LogP contribution in [0.25, 0.3) is 0 Å². The molecule has 1 N–H and O–H groups in total. The van der Waals surface area contributed by atoms with Gasteiger partial charge in [0.05, 0.1) is 0 Å². The van der Waals surface area contributed by atoms with Crippen molar-refractivity contribution in [2.24, 2.45) is 0 Å². The summed E-state index contributed by atoms with van der Waals surface area (Å²) >= 11 is 0. The predicted octanol–water partition coefficient (Wildman–Crippen LogP) is 1.41. The van der Waals surface area contributed by atoms with E-state index in [1.165, 1.54) is 12.8 Å². The van der Waals surface area contributed by atoms with Crippen molar-refractivity contribution in [2.75, 3.05) is 11.4 Å². The summed E-state index contributed by atoms with van der Waals surface area (Å²) in [6.45, 7) is -0.00120. The van der Waals surface area contributed by atoms with E-state index in [1.807, 2.05) is 11.0 Å². The molecule has 1 aromatic rings. The minimum absolute atomic E-state index is 0.00120. The molecule has 0 saturated heterocycles. The summed E-state index contributed by atoms with van der Waals surface area (Å²) in [5.41, 5.74) is 1.06. The lowest BCUT2D eigenvalue weighted by atomic mass is 10.3. The lowest BCUT2D eigenvalue weighted by molar-refractivity contribution is -0.135. The van der Waals surface area contributed by atoms with Crippen molar-refractivity contribution in [1.82, 2.24) is 9.97 Å². The Labute approximate surface area is 99.5 Å². The first-order valence-electron chi connectivity index (χ1n) is 6.05. The maximum absolute atomic E-state index is 10.8. The van der Waals surface area contributed by atoms with Crippen LogP contribution in [0.4, 0.5) is 5.95 Å². The van der Waals surface area contributed by atoms with Crippen LogP contribution in [0.1, 0.15) is 37.3 Å². The molecule has 0 atom stereocenters. The first-order valence-corrected chi connectivity index (χ1v) is 6.05. The maximum Gasteiger partial charge on any atom is 0.323 e. The van der Waals surface area contributed by atoms with Crippen molar-refractivity contribution in [2.45, 2.75) is 37.6 Å². The third kappa shape index (κ3) is 2.38. The molecule has 5 heteroatoms. The van der Waals surface area contributed by atoms with Crippen molar-refractivity contribution >= 4 is 11.9 Å². The van der Waals surface area contributed by atoms with Crippen LogP contribution in [0.15, 0.2) is 12.3 Å². The SMILES string of the molecule is O=C(O)CN(c1nccc(C2CC2)n1)C1CC1. The third-order valence-corrected chi connectivity index (χ3v) is 3.21. The van der Waals surface area contributed by atoms with Crippen molar-refractivity contribution in [3.05, 3.63) is 18.0 Å². The number of nitrogens with zero attached hydrogens (tertiary/aromatic N) is 3. The number of hydrogen-bond donors (Lipinski definition) is 1. The van der Waals surface area contributed by atoms with E-state index in [4.69, 9.17) is 5.11 Å². The van der Waals surface area contributed by atoms with Gasteiger partial charge >= 0.3 is 5.97 Å². The zero-order valence-corrected chi connectivity index (χ0v) is 9.54. The summed E-state index contributed by atoms with van der Waals surface area (Å²) in [5.74, 6) is 0.333. The Morgan fingerprint density at radius 3 is 2.76 bits per heavy atom. The van der Waals surface area contributed by atoms with Crippen molar-refractivity contribution in [1.29, 1.82) is 0 Å². The number of carbonyl (C=O) groups is 1. The van der Waals surface area contributed by atoms with Crippen LogP contribution < -0.4 is 4.90 Å². The van der Waals surface area contributed by atoms with Crippen LogP contribution in [0, 0.1) is 0 Å². The Morgan fingerprint density at radius 2 is 2.18 bits per heavy atom. The number of anilines is 1. The van der Waals surface area contributed by atoms with E-state index in [2.05, 4.69) is 9.97 Å². The second-order valence-electron chi connectivity index (χ2n) is 4.81. The van der Waals surface area contributed by atoms with E-state index in [0.29, 0.717) is 17.9 Å². The minimum Gasteiger partial charge on any atom is -0.480 e. The van der Waals surface area contributed by atoms with Gasteiger partial charge in [-0.3, -0.25) is 4.79 Å². The molecule has 0 amide bonds. The third-order valence-electron chi connectivity index (χ3n) is 3.21. The molecule has 2 saturated carbocycles. The summed E-state index contributed by atoms with van der Waals surface area (Å²) in [7, 11) is 0. The van der Waals surface area contributed by atoms with Gasteiger partial charge in [-0.25, -0.2) is 9.97 Å². The smallest absolute Gasteiger partial charge is 0.323 e. The highest BCUT2D eigenvalue weighted by atomic mass is 16.4. The fourth-order valence-electron chi connectivity index (χ4n) is 2.00. The highest BCUT2D eigenvalue weighted by Gasteiger charge is 2.33. The molecule has 0 unspecified atom stereocenters. The van der Waals surface area contributed by atoms with Crippen LogP contribution in [0.3, 0.4) is 0 Å². The van der Waals surface area contributed by atoms with Crippen LogP contribution >= 0.6 is 0 Å². The molecular weight excluding hydrogens is 218 g/mol. The zero-order chi connectivity index (χ0) is 11.8. The first kappa shape index (κ1) is 10.5. The maximum atomic E-state index is 10.8. The van der Waals surface area contributed by atoms with Gasteiger partial charge in [-0.1, -0.05) is 0 Å². The average molecular weight is 233 g/mol. The molecule has 17 heavy (non-hydrogen) atoms. The molecule has 1 heterocycles. The Kier molecular flexibility index (Phi) is 2.46. The standard InChI is InChI=1S/C12H15N3O2/c16-11(17)7-15(9-3-4-9)12-13-6-5-10(14-12)8-1-2-8/h5-6,8-9H,1-4,7H2,(H,16,17). The predicted molar refractivity (Wildman–Crippen MR) is 62.0 cm³/mol. The van der Waals surface area contributed by atoms with E-state index in [0.717, 1.165) is 18.5 Å². The van der Waals surface area contributed by atoms with E-state index in [9.17, 15) is 4.79 Å². The van der Waals surface area contributed by atoms with Gasteiger partial charge in [-0.15, -0.1) is 0 Å². The van der Waals surface area contributed by atoms with Crippen LogP contribution in [-0.4, -0.2) is 33.6 Å². The van der Waals surface area contributed by atoms with Gasteiger partial charge in [0.2, 0.25) is 5.95 Å². The Hall–Kier alpha value is -1.65. The number of aliphatic carboxylic acids is 1. The average Bonchev–Trinajstić information content (AvgIpc) is 3.18. The zero-order valence-electron chi connectivity index (χ0n) is 9.54. The summed E-state index contributed by atoms with van der Waals surface area (Å²) in [6.07, 6.45) is 6.22. The quantitative estimate of drug-likeness (QED) is 0.832. The van der Waals surface area contributed by atoms with Crippen LogP contribution in [0.5, 0.6) is 0 Å². The number of hydrogen-bond acceptors (Lipinski definition) is 4. The van der Waals surface area contributed by atoms with Gasteiger partial charge in [0.1, 0.15) is 6.54 Å². The topological polar surface area (TPSA) is 66.3 Å². The number of rotatable bonds is 5. The fraction of sp³-hybridized carbons (Fsp3) is 0.583. The van der Waals surface area contributed by atoms with Crippen LogP contribution in [-0.2, 0) is 4.79 Å². The summed E-state index contributed by atoms with van der Waals surface area (Å²) in [5, 5.41) is 8.92. The van der Waals surface area contributed by atoms with Crippen molar-refractivity contribution in [3.63, 3.8) is 0 Å². The highest BCUT2D eigenvalue weighted by molar-refractivity contribution is 5.73. The molecule has 0 bridgehead atoms. The molecule has 0 aromatic carbocycles. The highest BCUT2D eigenvalue weighted by Crippen LogP contribution is 2.39. The summed E-state index contributed by atoms with van der Waals surface area (Å²) < 4.78 is 0. The Balaban J connectivity index is 1.83. The molecule has 1 aromatic heterocycles. The molecule has 0 spiro atoms. The molecule has 2 aliphatic carbocycles. The number of aromatic nitrogens is 2. The van der Waals surface area contributed by atoms with E-state index in [1.54, 1.807) is 6.20 Å². The molecule has 0 radical (unpaired) electrons. The summed E-state index contributed by atoms with van der Waals surface area (Å²) in [4.78, 5) is 21.4.